The van der Waals surface area contributed by atoms with Gasteiger partial charge >= 0.3 is 0 Å². The highest BCUT2D eigenvalue weighted by Gasteiger charge is 2.27. The topological polar surface area (TPSA) is 55.2 Å². The molecule has 0 aliphatic carbocycles. The molecule has 1 fully saturated rings. The normalized spacial score (nSPS) is 15.4. The van der Waals surface area contributed by atoms with Gasteiger partial charge in [-0.3, -0.25) is 4.79 Å². The first-order valence-corrected chi connectivity index (χ1v) is 10.7. The van der Waals surface area contributed by atoms with Crippen LogP contribution in [-0.4, -0.2) is 59.5 Å². The standard InChI is InChI=1S/C24H33N3O3/c1-4-30-22-11-5-19(6-12-22)17-24(28)25-18-23(27-13-15-29-16-14-27)20-7-9-21(10-8-20)26(2)3/h5-12,23H,4,13-18H2,1-3H3,(H,25,28)/p+1/t23-/m0/s1. The molecule has 6 nitrogen and oxygen atoms in total. The summed E-state index contributed by atoms with van der Waals surface area (Å²) >= 11 is 0. The van der Waals surface area contributed by atoms with Crippen LogP contribution >= 0.6 is 0 Å². The van der Waals surface area contributed by atoms with E-state index in [-0.39, 0.29) is 11.9 Å². The van der Waals surface area contributed by atoms with Crippen molar-refractivity contribution >= 4 is 11.6 Å². The van der Waals surface area contributed by atoms with Crippen LogP contribution in [0.15, 0.2) is 48.5 Å². The predicted octanol–water partition coefficient (Wildman–Crippen LogP) is 1.47. The second kappa shape index (κ2) is 11.0. The monoisotopic (exact) mass is 412 g/mol. The second-order valence-corrected chi connectivity index (χ2v) is 7.87. The zero-order valence-corrected chi connectivity index (χ0v) is 18.3. The molecule has 1 saturated heterocycles. The number of quaternary nitrogens is 1. The van der Waals surface area contributed by atoms with Crippen molar-refractivity contribution in [3.8, 4) is 5.75 Å². The van der Waals surface area contributed by atoms with Gasteiger partial charge in [-0.25, -0.2) is 0 Å². The Hall–Kier alpha value is -2.57. The number of benzene rings is 2. The number of anilines is 1. The predicted molar refractivity (Wildman–Crippen MR) is 119 cm³/mol. The van der Waals surface area contributed by atoms with Gasteiger partial charge in [0.1, 0.15) is 24.9 Å². The molecule has 1 aliphatic heterocycles. The number of nitrogens with zero attached hydrogens (tertiary/aromatic N) is 1. The van der Waals surface area contributed by atoms with E-state index in [1.54, 1.807) is 0 Å². The summed E-state index contributed by atoms with van der Waals surface area (Å²) in [5, 5.41) is 3.16. The number of hydrogen-bond donors (Lipinski definition) is 2. The summed E-state index contributed by atoms with van der Waals surface area (Å²) in [6.45, 7) is 6.66. The molecule has 0 bridgehead atoms. The van der Waals surface area contributed by atoms with Crippen LogP contribution in [0.4, 0.5) is 5.69 Å². The molecule has 1 heterocycles. The van der Waals surface area contributed by atoms with Gasteiger partial charge in [-0.15, -0.1) is 0 Å². The highest BCUT2D eigenvalue weighted by Crippen LogP contribution is 2.17. The van der Waals surface area contributed by atoms with Crippen molar-refractivity contribution < 1.29 is 19.2 Å². The Balaban J connectivity index is 1.63. The lowest BCUT2D eigenvalue weighted by atomic mass is 10.0. The van der Waals surface area contributed by atoms with E-state index in [4.69, 9.17) is 9.47 Å². The Morgan fingerprint density at radius 3 is 2.37 bits per heavy atom. The zero-order chi connectivity index (χ0) is 21.3. The molecular weight excluding hydrogens is 378 g/mol. The molecule has 1 aliphatic rings. The first-order valence-electron chi connectivity index (χ1n) is 10.7. The highest BCUT2D eigenvalue weighted by atomic mass is 16.5. The Labute approximate surface area is 179 Å². The summed E-state index contributed by atoms with van der Waals surface area (Å²) in [5.41, 5.74) is 3.41. The Kier molecular flexibility index (Phi) is 8.11. The fourth-order valence-electron chi connectivity index (χ4n) is 3.82. The van der Waals surface area contributed by atoms with Crippen LogP contribution in [0.1, 0.15) is 24.1 Å². The van der Waals surface area contributed by atoms with Gasteiger partial charge in [0.15, 0.2) is 0 Å². The van der Waals surface area contributed by atoms with Crippen LogP contribution in [0.3, 0.4) is 0 Å². The second-order valence-electron chi connectivity index (χ2n) is 7.87. The third-order valence-electron chi connectivity index (χ3n) is 5.54. The number of morpholine rings is 1. The molecule has 2 aromatic rings. The zero-order valence-electron chi connectivity index (χ0n) is 18.3. The van der Waals surface area contributed by atoms with Crippen LogP contribution in [0.5, 0.6) is 5.75 Å². The number of carbonyl (C=O) groups is 1. The number of amides is 1. The van der Waals surface area contributed by atoms with Gasteiger partial charge < -0.3 is 24.6 Å². The van der Waals surface area contributed by atoms with Crippen molar-refractivity contribution in [2.45, 2.75) is 19.4 Å². The fraction of sp³-hybridized carbons (Fsp3) is 0.458. The molecule has 0 unspecified atom stereocenters. The van der Waals surface area contributed by atoms with E-state index in [2.05, 4.69) is 34.5 Å². The molecule has 1 amide bonds. The molecule has 1 atom stereocenters. The lowest BCUT2D eigenvalue weighted by Crippen LogP contribution is -3.15. The molecule has 6 heteroatoms. The molecule has 3 rings (SSSR count). The molecular formula is C24H34N3O3+. The number of carbonyl (C=O) groups excluding carboxylic acids is 1. The Morgan fingerprint density at radius 1 is 1.10 bits per heavy atom. The van der Waals surface area contributed by atoms with E-state index in [1.807, 2.05) is 45.3 Å². The van der Waals surface area contributed by atoms with Gasteiger partial charge in [-0.2, -0.15) is 0 Å². The lowest BCUT2D eigenvalue weighted by molar-refractivity contribution is -0.937. The average Bonchev–Trinajstić information content (AvgIpc) is 2.76. The van der Waals surface area contributed by atoms with Crippen LogP contribution in [0.25, 0.3) is 0 Å². The third-order valence-corrected chi connectivity index (χ3v) is 5.54. The van der Waals surface area contributed by atoms with E-state index in [1.165, 1.54) is 16.2 Å². The minimum absolute atomic E-state index is 0.0433. The molecule has 2 aromatic carbocycles. The van der Waals surface area contributed by atoms with Crippen LogP contribution < -0.4 is 19.9 Å². The molecule has 0 spiro atoms. The van der Waals surface area contributed by atoms with Gasteiger partial charge in [0, 0.05) is 25.3 Å². The van der Waals surface area contributed by atoms with Crippen molar-refractivity contribution in [3.05, 3.63) is 59.7 Å². The van der Waals surface area contributed by atoms with E-state index in [0.29, 0.717) is 19.6 Å². The number of rotatable bonds is 9. The SMILES string of the molecule is CCOc1ccc(CC(=O)NC[C@@H](c2ccc(N(C)C)cc2)[NH+]2CCOCC2)cc1. The third kappa shape index (κ3) is 6.21. The minimum atomic E-state index is 0.0433. The summed E-state index contributed by atoms with van der Waals surface area (Å²) in [7, 11) is 4.09. The smallest absolute Gasteiger partial charge is 0.224 e. The molecule has 0 saturated carbocycles. The maximum absolute atomic E-state index is 12.6. The van der Waals surface area contributed by atoms with E-state index in [9.17, 15) is 4.79 Å². The maximum Gasteiger partial charge on any atom is 0.224 e. The molecule has 0 aromatic heterocycles. The summed E-state index contributed by atoms with van der Waals surface area (Å²) in [6, 6.07) is 16.6. The number of hydrogen-bond acceptors (Lipinski definition) is 4. The average molecular weight is 413 g/mol. The molecule has 2 N–H and O–H groups in total. The minimum Gasteiger partial charge on any atom is -0.494 e. The van der Waals surface area contributed by atoms with Gasteiger partial charge in [0.2, 0.25) is 5.91 Å². The van der Waals surface area contributed by atoms with Crippen molar-refractivity contribution in [3.63, 3.8) is 0 Å². The Morgan fingerprint density at radius 2 is 1.77 bits per heavy atom. The number of nitrogens with one attached hydrogen (secondary N) is 2. The van der Waals surface area contributed by atoms with Crippen molar-refractivity contribution in [1.29, 1.82) is 0 Å². The quantitative estimate of drug-likeness (QED) is 0.655. The van der Waals surface area contributed by atoms with Gasteiger partial charge in [0.05, 0.1) is 32.8 Å². The highest BCUT2D eigenvalue weighted by molar-refractivity contribution is 5.78. The van der Waals surface area contributed by atoms with E-state index in [0.717, 1.165) is 37.6 Å². The summed E-state index contributed by atoms with van der Waals surface area (Å²) in [6.07, 6.45) is 0.372. The van der Waals surface area contributed by atoms with Crippen molar-refractivity contribution in [2.75, 3.05) is 58.5 Å². The molecule has 0 radical (unpaired) electrons. The van der Waals surface area contributed by atoms with Gasteiger partial charge in [-0.1, -0.05) is 24.3 Å². The summed E-state index contributed by atoms with van der Waals surface area (Å²) in [4.78, 5) is 16.2. The lowest BCUT2D eigenvalue weighted by Gasteiger charge is -2.32. The molecule has 30 heavy (non-hydrogen) atoms. The fourth-order valence-corrected chi connectivity index (χ4v) is 3.82. The maximum atomic E-state index is 12.6. The molecule has 162 valence electrons. The first kappa shape index (κ1) is 22.1. The van der Waals surface area contributed by atoms with Crippen molar-refractivity contribution in [1.82, 2.24) is 5.32 Å². The summed E-state index contributed by atoms with van der Waals surface area (Å²) in [5.74, 6) is 0.876. The van der Waals surface area contributed by atoms with Gasteiger partial charge in [0.25, 0.3) is 0 Å². The van der Waals surface area contributed by atoms with E-state index >= 15 is 0 Å². The number of ether oxygens (including phenoxy) is 2. The van der Waals surface area contributed by atoms with Crippen LogP contribution in [-0.2, 0) is 16.0 Å². The largest absolute Gasteiger partial charge is 0.494 e. The van der Waals surface area contributed by atoms with Crippen LogP contribution in [0.2, 0.25) is 0 Å². The van der Waals surface area contributed by atoms with Crippen molar-refractivity contribution in [2.24, 2.45) is 0 Å². The van der Waals surface area contributed by atoms with Gasteiger partial charge in [-0.05, 0) is 36.8 Å². The van der Waals surface area contributed by atoms with E-state index < -0.39 is 0 Å². The first-order chi connectivity index (χ1) is 14.6. The van der Waals surface area contributed by atoms with Crippen LogP contribution in [0, 0.1) is 0 Å². The Bertz CT molecular complexity index is 784. The summed E-state index contributed by atoms with van der Waals surface area (Å²) < 4.78 is 11.0.